The number of nitrogens with zero attached hydrogens (tertiary/aromatic N) is 3. The van der Waals surface area contributed by atoms with Gasteiger partial charge in [0, 0.05) is 31.2 Å². The number of rotatable bonds is 8. The van der Waals surface area contributed by atoms with Gasteiger partial charge in [0.1, 0.15) is 6.10 Å². The van der Waals surface area contributed by atoms with Crippen LogP contribution < -0.4 is 4.90 Å². The number of anilines is 1. The van der Waals surface area contributed by atoms with Gasteiger partial charge in [-0.2, -0.15) is 5.26 Å². The minimum Gasteiger partial charge on any atom is -0.459 e. The van der Waals surface area contributed by atoms with E-state index in [1.807, 2.05) is 12.1 Å². The van der Waals surface area contributed by atoms with E-state index in [1.54, 1.807) is 0 Å². The maximum absolute atomic E-state index is 12.1. The number of carbonyl (C=O) groups excluding carboxylic acids is 1. The molecule has 5 heteroatoms. The Kier molecular flexibility index (Phi) is 6.95. The maximum Gasteiger partial charge on any atom is 0.338 e. The van der Waals surface area contributed by atoms with Gasteiger partial charge in [-0.1, -0.05) is 43.2 Å². The molecule has 2 aliphatic heterocycles. The maximum atomic E-state index is 12.1. The van der Waals surface area contributed by atoms with Crippen LogP contribution in [0.15, 0.2) is 54.6 Å². The SMILES string of the molecule is N#CC(c1ccccc1)(C1CCCC1)C1CCN(CC2CN(c3ccc(C(=O)OC4CC4)cc3)C2)CC1. The smallest absolute Gasteiger partial charge is 0.338 e. The molecule has 0 spiro atoms. The molecule has 37 heavy (non-hydrogen) atoms. The molecule has 0 amide bonds. The highest BCUT2D eigenvalue weighted by Gasteiger charge is 2.48. The Morgan fingerprint density at radius 3 is 2.16 bits per heavy atom. The third kappa shape index (κ3) is 5.01. The summed E-state index contributed by atoms with van der Waals surface area (Å²) in [5.74, 6) is 1.43. The Bertz CT molecular complexity index is 1100. The quantitative estimate of drug-likeness (QED) is 0.431. The number of esters is 1. The Morgan fingerprint density at radius 1 is 0.892 bits per heavy atom. The molecule has 4 fully saturated rings. The average Bonchev–Trinajstić information content (AvgIpc) is 3.56. The summed E-state index contributed by atoms with van der Waals surface area (Å²) in [5.41, 5.74) is 2.77. The lowest BCUT2D eigenvalue weighted by Gasteiger charge is -2.47. The van der Waals surface area contributed by atoms with E-state index < -0.39 is 0 Å². The fourth-order valence-corrected chi connectivity index (χ4v) is 7.19. The highest BCUT2D eigenvalue weighted by molar-refractivity contribution is 5.90. The molecule has 2 aromatic carbocycles. The van der Waals surface area contributed by atoms with Crippen molar-refractivity contribution >= 4 is 11.7 Å². The van der Waals surface area contributed by atoms with Gasteiger partial charge in [-0.15, -0.1) is 0 Å². The molecule has 6 rings (SSSR count). The molecule has 194 valence electrons. The molecule has 0 aromatic heterocycles. The van der Waals surface area contributed by atoms with Crippen LogP contribution in [-0.4, -0.2) is 49.7 Å². The third-order valence-electron chi connectivity index (χ3n) is 9.41. The van der Waals surface area contributed by atoms with Crippen molar-refractivity contribution < 1.29 is 9.53 Å². The van der Waals surface area contributed by atoms with E-state index in [2.05, 4.69) is 58.3 Å². The van der Waals surface area contributed by atoms with Crippen LogP contribution in [0.4, 0.5) is 5.69 Å². The molecule has 5 nitrogen and oxygen atoms in total. The van der Waals surface area contributed by atoms with Gasteiger partial charge < -0.3 is 14.5 Å². The first-order chi connectivity index (χ1) is 18.2. The number of carbonyl (C=O) groups is 1. The number of piperidine rings is 1. The number of nitriles is 1. The Balaban J connectivity index is 1.02. The second-order valence-electron chi connectivity index (χ2n) is 11.8. The van der Waals surface area contributed by atoms with Crippen LogP contribution in [0.25, 0.3) is 0 Å². The average molecular weight is 498 g/mol. The van der Waals surface area contributed by atoms with Gasteiger partial charge in [0.2, 0.25) is 0 Å². The number of hydrogen-bond donors (Lipinski definition) is 0. The molecule has 2 saturated heterocycles. The van der Waals surface area contributed by atoms with Crippen molar-refractivity contribution in [3.05, 3.63) is 65.7 Å². The van der Waals surface area contributed by atoms with Gasteiger partial charge in [0.05, 0.1) is 17.0 Å². The first kappa shape index (κ1) is 24.5. The summed E-state index contributed by atoms with van der Waals surface area (Å²) in [6.45, 7) is 5.48. The highest BCUT2D eigenvalue weighted by Crippen LogP contribution is 2.50. The molecule has 0 bridgehead atoms. The Morgan fingerprint density at radius 2 is 1.54 bits per heavy atom. The number of ether oxygens (including phenoxy) is 1. The monoisotopic (exact) mass is 497 g/mol. The topological polar surface area (TPSA) is 56.6 Å². The zero-order chi connectivity index (χ0) is 25.2. The van der Waals surface area contributed by atoms with Crippen LogP contribution in [0.2, 0.25) is 0 Å². The predicted molar refractivity (Wildman–Crippen MR) is 145 cm³/mol. The van der Waals surface area contributed by atoms with E-state index in [1.165, 1.54) is 36.9 Å². The summed E-state index contributed by atoms with van der Waals surface area (Å²) in [7, 11) is 0. The molecular weight excluding hydrogens is 458 g/mol. The molecule has 2 saturated carbocycles. The number of likely N-dealkylation sites (tertiary alicyclic amines) is 1. The molecule has 1 atom stereocenters. The van der Waals surface area contributed by atoms with Gasteiger partial charge in [-0.05, 0) is 93.3 Å². The van der Waals surface area contributed by atoms with Gasteiger partial charge in [0.15, 0.2) is 0 Å². The van der Waals surface area contributed by atoms with E-state index in [-0.39, 0.29) is 17.5 Å². The molecule has 4 aliphatic rings. The van der Waals surface area contributed by atoms with Crippen molar-refractivity contribution in [3.8, 4) is 6.07 Å². The minimum absolute atomic E-state index is 0.144. The van der Waals surface area contributed by atoms with Crippen molar-refractivity contribution in [1.29, 1.82) is 5.26 Å². The lowest BCUT2D eigenvalue weighted by molar-refractivity contribution is 0.0472. The van der Waals surface area contributed by atoms with E-state index in [4.69, 9.17) is 4.74 Å². The van der Waals surface area contributed by atoms with E-state index in [0.717, 1.165) is 58.4 Å². The van der Waals surface area contributed by atoms with E-state index in [0.29, 0.717) is 23.3 Å². The summed E-state index contributed by atoms with van der Waals surface area (Å²) in [6, 6.07) is 21.5. The summed E-state index contributed by atoms with van der Waals surface area (Å²) in [5, 5.41) is 10.6. The lowest BCUT2D eigenvalue weighted by Crippen LogP contribution is -2.53. The molecule has 2 aliphatic carbocycles. The molecule has 1 unspecified atom stereocenters. The van der Waals surface area contributed by atoms with Gasteiger partial charge in [0.25, 0.3) is 0 Å². The largest absolute Gasteiger partial charge is 0.459 e. The molecule has 0 N–H and O–H groups in total. The van der Waals surface area contributed by atoms with Crippen LogP contribution in [-0.2, 0) is 10.2 Å². The summed E-state index contributed by atoms with van der Waals surface area (Å²) < 4.78 is 5.40. The van der Waals surface area contributed by atoms with Crippen LogP contribution >= 0.6 is 0 Å². The fourth-order valence-electron chi connectivity index (χ4n) is 7.19. The van der Waals surface area contributed by atoms with Crippen molar-refractivity contribution in [2.75, 3.05) is 37.6 Å². The standard InChI is InChI=1S/C32H39N3O2/c33-23-32(27-8-4-5-9-27,26-6-2-1-3-7-26)28-16-18-34(19-17-28)20-24-21-35(22-24)29-12-10-25(11-13-29)31(36)37-30-14-15-30/h1-3,6-7,10-13,24,27-28,30H,4-5,8-9,14-22H2. The normalized spacial score (nSPS) is 23.3. The van der Waals surface area contributed by atoms with E-state index in [9.17, 15) is 10.1 Å². The zero-order valence-corrected chi connectivity index (χ0v) is 21.9. The molecular formula is C32H39N3O2. The van der Waals surface area contributed by atoms with Crippen LogP contribution in [0.5, 0.6) is 0 Å². The highest BCUT2D eigenvalue weighted by atomic mass is 16.5. The minimum atomic E-state index is -0.325. The van der Waals surface area contributed by atoms with E-state index >= 15 is 0 Å². The zero-order valence-electron chi connectivity index (χ0n) is 21.9. The third-order valence-corrected chi connectivity index (χ3v) is 9.41. The summed E-state index contributed by atoms with van der Waals surface area (Å²) in [6.07, 6.45) is 9.32. The Labute approximate surface area is 221 Å². The summed E-state index contributed by atoms with van der Waals surface area (Å²) in [4.78, 5) is 17.2. The second kappa shape index (κ2) is 10.5. The van der Waals surface area contributed by atoms with Crippen molar-refractivity contribution in [1.82, 2.24) is 4.90 Å². The molecule has 0 radical (unpaired) electrons. The van der Waals surface area contributed by atoms with Crippen LogP contribution in [0.1, 0.15) is 67.3 Å². The van der Waals surface area contributed by atoms with Crippen LogP contribution in [0, 0.1) is 29.1 Å². The molecule has 2 heterocycles. The number of benzene rings is 2. The first-order valence-corrected chi connectivity index (χ1v) is 14.4. The van der Waals surface area contributed by atoms with Gasteiger partial charge in [-0.25, -0.2) is 4.79 Å². The second-order valence-corrected chi connectivity index (χ2v) is 11.8. The van der Waals surface area contributed by atoms with Crippen molar-refractivity contribution in [2.45, 2.75) is 62.9 Å². The Hall–Kier alpha value is -2.84. The van der Waals surface area contributed by atoms with Crippen LogP contribution in [0.3, 0.4) is 0 Å². The predicted octanol–water partition coefficient (Wildman–Crippen LogP) is 5.81. The van der Waals surface area contributed by atoms with Crippen molar-refractivity contribution in [2.24, 2.45) is 17.8 Å². The summed E-state index contributed by atoms with van der Waals surface area (Å²) >= 11 is 0. The van der Waals surface area contributed by atoms with Gasteiger partial charge >= 0.3 is 5.97 Å². The lowest BCUT2D eigenvalue weighted by atomic mass is 9.60. The molecule has 2 aromatic rings. The van der Waals surface area contributed by atoms with Crippen molar-refractivity contribution in [3.63, 3.8) is 0 Å². The first-order valence-electron chi connectivity index (χ1n) is 14.4. The fraction of sp³-hybridized carbons (Fsp3) is 0.562. The van der Waals surface area contributed by atoms with Gasteiger partial charge in [-0.3, -0.25) is 0 Å². The number of hydrogen-bond acceptors (Lipinski definition) is 5.